The van der Waals surface area contributed by atoms with Crippen molar-refractivity contribution in [3.8, 4) is 0 Å². The van der Waals surface area contributed by atoms with Gasteiger partial charge in [0.05, 0.1) is 12.0 Å². The SMILES string of the molecule is CC[C@H](C)[C@H](N)C(=O)NCC(C)C(=O)O. The van der Waals surface area contributed by atoms with Crippen molar-refractivity contribution in [1.29, 1.82) is 0 Å². The lowest BCUT2D eigenvalue weighted by Crippen LogP contribution is -2.46. The molecule has 3 atom stereocenters. The predicted octanol–water partition coefficient (Wildman–Crippen LogP) is 0.197. The van der Waals surface area contributed by atoms with Gasteiger partial charge in [-0.05, 0) is 5.92 Å². The quantitative estimate of drug-likeness (QED) is 0.591. The summed E-state index contributed by atoms with van der Waals surface area (Å²) in [7, 11) is 0. The number of rotatable bonds is 6. The molecule has 5 heteroatoms. The highest BCUT2D eigenvalue weighted by Crippen LogP contribution is 2.05. The maximum atomic E-state index is 11.4. The van der Waals surface area contributed by atoms with E-state index in [9.17, 15) is 9.59 Å². The van der Waals surface area contributed by atoms with Crippen molar-refractivity contribution in [2.24, 2.45) is 17.6 Å². The van der Waals surface area contributed by atoms with Gasteiger partial charge < -0.3 is 16.2 Å². The number of aliphatic carboxylic acids is 1. The normalized spacial score (nSPS) is 16.5. The number of carboxylic acid groups (broad SMARTS) is 1. The van der Waals surface area contributed by atoms with E-state index in [1.807, 2.05) is 13.8 Å². The molecule has 0 aliphatic heterocycles. The third-order valence-electron chi connectivity index (χ3n) is 2.56. The fourth-order valence-corrected chi connectivity index (χ4v) is 0.971. The standard InChI is InChI=1S/C10H20N2O3/c1-4-6(2)8(11)9(13)12-5-7(3)10(14)15/h6-8H,4-5,11H2,1-3H3,(H,12,13)(H,14,15)/t6-,7?,8-/m0/s1. The van der Waals surface area contributed by atoms with Gasteiger partial charge in [-0.2, -0.15) is 0 Å². The van der Waals surface area contributed by atoms with Crippen LogP contribution in [0.4, 0.5) is 0 Å². The Morgan fingerprint density at radius 3 is 2.33 bits per heavy atom. The molecule has 0 aliphatic rings. The van der Waals surface area contributed by atoms with Gasteiger partial charge in [0.15, 0.2) is 0 Å². The van der Waals surface area contributed by atoms with Gasteiger partial charge in [0.1, 0.15) is 0 Å². The topological polar surface area (TPSA) is 92.4 Å². The smallest absolute Gasteiger partial charge is 0.308 e. The van der Waals surface area contributed by atoms with Crippen LogP contribution < -0.4 is 11.1 Å². The van der Waals surface area contributed by atoms with E-state index in [0.717, 1.165) is 6.42 Å². The number of nitrogens with two attached hydrogens (primary N) is 1. The molecule has 1 amide bonds. The average molecular weight is 216 g/mol. The highest BCUT2D eigenvalue weighted by molar-refractivity contribution is 5.82. The zero-order chi connectivity index (χ0) is 12.0. The lowest BCUT2D eigenvalue weighted by molar-refractivity contribution is -0.141. The summed E-state index contributed by atoms with van der Waals surface area (Å²) in [4.78, 5) is 21.9. The maximum Gasteiger partial charge on any atom is 0.308 e. The Balaban J connectivity index is 3.98. The van der Waals surface area contributed by atoms with Gasteiger partial charge in [0, 0.05) is 6.54 Å². The predicted molar refractivity (Wildman–Crippen MR) is 57.2 cm³/mol. The number of hydrogen-bond donors (Lipinski definition) is 3. The van der Waals surface area contributed by atoms with Gasteiger partial charge in [-0.3, -0.25) is 9.59 Å². The molecule has 0 spiro atoms. The number of carbonyl (C=O) groups is 2. The minimum atomic E-state index is -0.924. The molecule has 0 saturated carbocycles. The van der Waals surface area contributed by atoms with Gasteiger partial charge in [-0.15, -0.1) is 0 Å². The zero-order valence-electron chi connectivity index (χ0n) is 9.49. The molecular formula is C10H20N2O3. The summed E-state index contributed by atoms with van der Waals surface area (Å²) in [6.45, 7) is 5.51. The van der Waals surface area contributed by atoms with E-state index in [4.69, 9.17) is 10.8 Å². The monoisotopic (exact) mass is 216 g/mol. The molecule has 1 unspecified atom stereocenters. The largest absolute Gasteiger partial charge is 0.481 e. The lowest BCUT2D eigenvalue weighted by atomic mass is 9.99. The summed E-state index contributed by atoms with van der Waals surface area (Å²) in [5, 5.41) is 11.1. The van der Waals surface area contributed by atoms with Crippen molar-refractivity contribution in [2.75, 3.05) is 6.54 Å². The molecule has 0 rings (SSSR count). The van der Waals surface area contributed by atoms with Crippen LogP contribution in [0.2, 0.25) is 0 Å². The van der Waals surface area contributed by atoms with Crippen LogP contribution in [-0.4, -0.2) is 29.6 Å². The highest BCUT2D eigenvalue weighted by Gasteiger charge is 2.20. The molecular weight excluding hydrogens is 196 g/mol. The third-order valence-corrected chi connectivity index (χ3v) is 2.56. The van der Waals surface area contributed by atoms with Gasteiger partial charge in [0.25, 0.3) is 0 Å². The van der Waals surface area contributed by atoms with Crippen molar-refractivity contribution < 1.29 is 14.7 Å². The number of hydrogen-bond acceptors (Lipinski definition) is 3. The molecule has 5 nitrogen and oxygen atoms in total. The average Bonchev–Trinajstić information content (AvgIpc) is 2.22. The summed E-state index contributed by atoms with van der Waals surface area (Å²) in [5.41, 5.74) is 5.67. The Morgan fingerprint density at radius 2 is 1.93 bits per heavy atom. The van der Waals surface area contributed by atoms with E-state index in [2.05, 4.69) is 5.32 Å². The first-order valence-corrected chi connectivity index (χ1v) is 5.16. The van der Waals surface area contributed by atoms with Crippen LogP contribution in [0.15, 0.2) is 0 Å². The molecule has 88 valence electrons. The second-order valence-electron chi connectivity index (χ2n) is 3.90. The fraction of sp³-hybridized carbons (Fsp3) is 0.800. The summed E-state index contributed by atoms with van der Waals surface area (Å²) in [5.74, 6) is -1.69. The first-order valence-electron chi connectivity index (χ1n) is 5.16. The Kier molecular flexibility index (Phi) is 5.93. The first kappa shape index (κ1) is 13.9. The molecule has 0 saturated heterocycles. The Labute approximate surface area is 90.0 Å². The Bertz CT molecular complexity index is 231. The third kappa shape index (κ3) is 4.78. The van der Waals surface area contributed by atoms with E-state index in [0.29, 0.717) is 0 Å². The van der Waals surface area contributed by atoms with E-state index in [1.54, 1.807) is 0 Å². The van der Waals surface area contributed by atoms with Crippen molar-refractivity contribution >= 4 is 11.9 Å². The Morgan fingerprint density at radius 1 is 1.40 bits per heavy atom. The van der Waals surface area contributed by atoms with Crippen LogP contribution in [-0.2, 0) is 9.59 Å². The van der Waals surface area contributed by atoms with E-state index in [-0.39, 0.29) is 18.4 Å². The van der Waals surface area contributed by atoms with Gasteiger partial charge in [-0.25, -0.2) is 0 Å². The minimum absolute atomic E-state index is 0.102. The van der Waals surface area contributed by atoms with Gasteiger partial charge >= 0.3 is 5.97 Å². The number of amides is 1. The van der Waals surface area contributed by atoms with Gasteiger partial charge in [-0.1, -0.05) is 27.2 Å². The van der Waals surface area contributed by atoms with E-state index >= 15 is 0 Å². The molecule has 0 radical (unpaired) electrons. The van der Waals surface area contributed by atoms with E-state index in [1.165, 1.54) is 6.92 Å². The van der Waals surface area contributed by atoms with Crippen LogP contribution in [0.25, 0.3) is 0 Å². The van der Waals surface area contributed by atoms with Crippen molar-refractivity contribution in [2.45, 2.75) is 33.2 Å². The number of carbonyl (C=O) groups excluding carboxylic acids is 1. The second-order valence-corrected chi connectivity index (χ2v) is 3.90. The van der Waals surface area contributed by atoms with E-state index < -0.39 is 17.9 Å². The van der Waals surface area contributed by atoms with Crippen LogP contribution in [0.1, 0.15) is 27.2 Å². The summed E-state index contributed by atoms with van der Waals surface area (Å²) in [6.07, 6.45) is 0.822. The molecule has 0 aromatic heterocycles. The van der Waals surface area contributed by atoms with Crippen LogP contribution in [0.3, 0.4) is 0 Å². The van der Waals surface area contributed by atoms with Crippen molar-refractivity contribution in [1.82, 2.24) is 5.32 Å². The zero-order valence-corrected chi connectivity index (χ0v) is 9.49. The van der Waals surface area contributed by atoms with Crippen molar-refractivity contribution in [3.63, 3.8) is 0 Å². The van der Waals surface area contributed by atoms with Crippen LogP contribution in [0.5, 0.6) is 0 Å². The van der Waals surface area contributed by atoms with Gasteiger partial charge in [0.2, 0.25) is 5.91 Å². The van der Waals surface area contributed by atoms with Crippen molar-refractivity contribution in [3.05, 3.63) is 0 Å². The number of carboxylic acids is 1. The summed E-state index contributed by atoms with van der Waals surface area (Å²) in [6, 6.07) is -0.559. The molecule has 0 aliphatic carbocycles. The molecule has 0 bridgehead atoms. The molecule has 15 heavy (non-hydrogen) atoms. The number of nitrogens with one attached hydrogen (secondary N) is 1. The molecule has 4 N–H and O–H groups in total. The lowest BCUT2D eigenvalue weighted by Gasteiger charge is -2.18. The minimum Gasteiger partial charge on any atom is -0.481 e. The summed E-state index contributed by atoms with van der Waals surface area (Å²) >= 11 is 0. The summed E-state index contributed by atoms with van der Waals surface area (Å²) < 4.78 is 0. The second kappa shape index (κ2) is 6.40. The highest BCUT2D eigenvalue weighted by atomic mass is 16.4. The molecule has 0 aromatic carbocycles. The van der Waals surface area contributed by atoms with Crippen LogP contribution >= 0.6 is 0 Å². The molecule has 0 heterocycles. The maximum absolute atomic E-state index is 11.4. The van der Waals surface area contributed by atoms with Crippen LogP contribution in [0, 0.1) is 11.8 Å². The molecule has 0 aromatic rings. The Hall–Kier alpha value is -1.10. The first-order chi connectivity index (χ1) is 6.90. The fourth-order valence-electron chi connectivity index (χ4n) is 0.971. The molecule has 0 fully saturated rings.